The summed E-state index contributed by atoms with van der Waals surface area (Å²) in [5.41, 5.74) is 0.926. The van der Waals surface area contributed by atoms with Crippen molar-refractivity contribution in [3.05, 3.63) is 29.8 Å². The maximum Gasteiger partial charge on any atom is 0.238 e. The molecule has 1 saturated heterocycles. The predicted molar refractivity (Wildman–Crippen MR) is 93.3 cm³/mol. The highest BCUT2D eigenvalue weighted by Gasteiger charge is 2.37. The molecule has 1 aromatic carbocycles. The minimum atomic E-state index is -3.35. The van der Waals surface area contributed by atoms with Crippen molar-refractivity contribution in [3.63, 3.8) is 0 Å². The number of carbonyl (C=O) groups excluding carboxylic acids is 1. The summed E-state index contributed by atoms with van der Waals surface area (Å²) in [7, 11) is -3.35. The second kappa shape index (κ2) is 8.48. The summed E-state index contributed by atoms with van der Waals surface area (Å²) < 4.78 is 31.3. The summed E-state index contributed by atoms with van der Waals surface area (Å²) in [5.74, 6) is 0.624. The average Bonchev–Trinajstić information content (AvgIpc) is 3.04. The normalized spacial score (nSPS) is 18.5. The van der Waals surface area contributed by atoms with Crippen LogP contribution in [0.2, 0.25) is 0 Å². The van der Waals surface area contributed by atoms with Gasteiger partial charge in [0.15, 0.2) is 0 Å². The Morgan fingerprint density at radius 1 is 1.38 bits per heavy atom. The number of benzene rings is 1. The highest BCUT2D eigenvalue weighted by molar-refractivity contribution is 7.89. The Kier molecular flexibility index (Phi) is 6.62. The van der Waals surface area contributed by atoms with Crippen LogP contribution in [0.1, 0.15) is 38.7 Å². The molecular formula is C17H26N2O4S. The fraction of sp³-hybridized carbons (Fsp3) is 0.588. The van der Waals surface area contributed by atoms with Crippen LogP contribution in [-0.4, -0.2) is 43.6 Å². The van der Waals surface area contributed by atoms with Crippen LogP contribution in [0.25, 0.3) is 0 Å². The summed E-state index contributed by atoms with van der Waals surface area (Å²) in [4.78, 5) is 12.4. The van der Waals surface area contributed by atoms with E-state index in [0.29, 0.717) is 32.5 Å². The first-order chi connectivity index (χ1) is 11.5. The smallest absolute Gasteiger partial charge is 0.238 e. The SMILES string of the molecule is CCCS(=O)(=O)N1CCCC1C(=O)NCc1cccc(OCC)c1. The molecule has 1 unspecified atom stereocenters. The predicted octanol–water partition coefficient (Wildman–Crippen LogP) is 1.91. The van der Waals surface area contributed by atoms with Gasteiger partial charge < -0.3 is 10.1 Å². The second-order valence-electron chi connectivity index (χ2n) is 5.88. The third kappa shape index (κ3) is 4.70. The molecule has 1 aliphatic heterocycles. The first kappa shape index (κ1) is 18.7. The molecule has 1 aromatic rings. The van der Waals surface area contributed by atoms with Gasteiger partial charge in [-0.1, -0.05) is 19.1 Å². The van der Waals surface area contributed by atoms with Crippen molar-refractivity contribution in [2.75, 3.05) is 18.9 Å². The third-order valence-corrected chi connectivity index (χ3v) is 6.08. The van der Waals surface area contributed by atoms with Gasteiger partial charge in [-0.2, -0.15) is 4.31 Å². The van der Waals surface area contributed by atoms with Crippen LogP contribution >= 0.6 is 0 Å². The lowest BCUT2D eigenvalue weighted by Gasteiger charge is -2.23. The fourth-order valence-corrected chi connectivity index (χ4v) is 4.68. The molecule has 134 valence electrons. The number of nitrogens with one attached hydrogen (secondary N) is 1. The van der Waals surface area contributed by atoms with Crippen LogP contribution < -0.4 is 10.1 Å². The Balaban J connectivity index is 1.98. The van der Waals surface area contributed by atoms with E-state index < -0.39 is 16.1 Å². The van der Waals surface area contributed by atoms with Crippen LogP contribution in [0, 0.1) is 0 Å². The Hall–Kier alpha value is -1.60. The third-order valence-electron chi connectivity index (χ3n) is 4.00. The molecule has 1 amide bonds. The van der Waals surface area contributed by atoms with Gasteiger partial charge in [-0.15, -0.1) is 0 Å². The van der Waals surface area contributed by atoms with Crippen molar-refractivity contribution < 1.29 is 17.9 Å². The summed E-state index contributed by atoms with van der Waals surface area (Å²) in [5, 5.41) is 2.85. The van der Waals surface area contributed by atoms with Gasteiger partial charge in [0.05, 0.1) is 12.4 Å². The van der Waals surface area contributed by atoms with E-state index in [-0.39, 0.29) is 11.7 Å². The molecule has 1 aliphatic rings. The van der Waals surface area contributed by atoms with E-state index in [1.807, 2.05) is 38.1 Å². The van der Waals surface area contributed by atoms with Gasteiger partial charge in [0.2, 0.25) is 15.9 Å². The zero-order valence-electron chi connectivity index (χ0n) is 14.3. The molecule has 1 atom stereocenters. The molecule has 1 N–H and O–H groups in total. The molecule has 0 aliphatic carbocycles. The topological polar surface area (TPSA) is 75.7 Å². The van der Waals surface area contributed by atoms with E-state index >= 15 is 0 Å². The fourth-order valence-electron chi connectivity index (χ4n) is 2.93. The van der Waals surface area contributed by atoms with Gasteiger partial charge >= 0.3 is 0 Å². The minimum absolute atomic E-state index is 0.0905. The molecular weight excluding hydrogens is 328 g/mol. The zero-order valence-corrected chi connectivity index (χ0v) is 15.1. The molecule has 24 heavy (non-hydrogen) atoms. The lowest BCUT2D eigenvalue weighted by molar-refractivity contribution is -0.124. The summed E-state index contributed by atoms with van der Waals surface area (Å²) >= 11 is 0. The van der Waals surface area contributed by atoms with Crippen molar-refractivity contribution in [2.24, 2.45) is 0 Å². The summed E-state index contributed by atoms with van der Waals surface area (Å²) in [6.07, 6.45) is 1.85. The van der Waals surface area contributed by atoms with Crippen LogP contribution in [0.3, 0.4) is 0 Å². The van der Waals surface area contributed by atoms with Crippen molar-refractivity contribution in [1.82, 2.24) is 9.62 Å². The van der Waals surface area contributed by atoms with Crippen molar-refractivity contribution in [3.8, 4) is 5.75 Å². The number of ether oxygens (including phenoxy) is 1. The van der Waals surface area contributed by atoms with Crippen LogP contribution in [0.5, 0.6) is 5.75 Å². The quantitative estimate of drug-likeness (QED) is 0.774. The highest BCUT2D eigenvalue weighted by Crippen LogP contribution is 2.22. The largest absolute Gasteiger partial charge is 0.494 e. The van der Waals surface area contributed by atoms with E-state index in [0.717, 1.165) is 17.7 Å². The van der Waals surface area contributed by atoms with Crippen LogP contribution in [-0.2, 0) is 21.4 Å². The zero-order chi connectivity index (χ0) is 17.6. The monoisotopic (exact) mass is 354 g/mol. The number of nitrogens with zero attached hydrogens (tertiary/aromatic N) is 1. The molecule has 6 nitrogen and oxygen atoms in total. The van der Waals surface area contributed by atoms with E-state index in [2.05, 4.69) is 5.32 Å². The molecule has 0 bridgehead atoms. The lowest BCUT2D eigenvalue weighted by atomic mass is 10.2. The Morgan fingerprint density at radius 2 is 2.17 bits per heavy atom. The molecule has 0 aromatic heterocycles. The summed E-state index contributed by atoms with van der Waals surface area (Å²) in [6, 6.07) is 6.94. The number of rotatable bonds is 8. The minimum Gasteiger partial charge on any atom is -0.494 e. The number of sulfonamides is 1. The van der Waals surface area contributed by atoms with E-state index in [1.54, 1.807) is 0 Å². The first-order valence-corrected chi connectivity index (χ1v) is 10.1. The van der Waals surface area contributed by atoms with Crippen molar-refractivity contribution in [1.29, 1.82) is 0 Å². The van der Waals surface area contributed by atoms with Crippen LogP contribution in [0.15, 0.2) is 24.3 Å². The van der Waals surface area contributed by atoms with E-state index in [1.165, 1.54) is 4.31 Å². The highest BCUT2D eigenvalue weighted by atomic mass is 32.2. The number of hydrogen-bond acceptors (Lipinski definition) is 4. The molecule has 0 radical (unpaired) electrons. The van der Waals surface area contributed by atoms with Crippen molar-refractivity contribution in [2.45, 2.75) is 45.7 Å². The number of amides is 1. The first-order valence-electron chi connectivity index (χ1n) is 8.47. The lowest BCUT2D eigenvalue weighted by Crippen LogP contribution is -2.46. The Morgan fingerprint density at radius 3 is 2.88 bits per heavy atom. The average molecular weight is 354 g/mol. The molecule has 1 fully saturated rings. The number of hydrogen-bond donors (Lipinski definition) is 1. The molecule has 0 saturated carbocycles. The maximum absolute atomic E-state index is 12.4. The van der Waals surface area contributed by atoms with Crippen molar-refractivity contribution >= 4 is 15.9 Å². The van der Waals surface area contributed by atoms with Gasteiger partial charge in [-0.05, 0) is 43.9 Å². The molecule has 7 heteroatoms. The van der Waals surface area contributed by atoms with E-state index in [9.17, 15) is 13.2 Å². The summed E-state index contributed by atoms with van der Waals surface area (Å²) in [6.45, 7) is 5.12. The maximum atomic E-state index is 12.4. The van der Waals surface area contributed by atoms with Gasteiger partial charge in [0, 0.05) is 13.1 Å². The standard InChI is InChI=1S/C17H26N2O4S/c1-3-11-24(21,22)19-10-6-9-16(19)17(20)18-13-14-7-5-8-15(12-14)23-4-2/h5,7-8,12,16H,3-4,6,9-11,13H2,1-2H3,(H,18,20). The van der Waals surface area contributed by atoms with Gasteiger partial charge in [0.1, 0.15) is 11.8 Å². The van der Waals surface area contributed by atoms with Gasteiger partial charge in [-0.3, -0.25) is 4.79 Å². The number of carbonyl (C=O) groups is 1. The van der Waals surface area contributed by atoms with Gasteiger partial charge in [0.25, 0.3) is 0 Å². The van der Waals surface area contributed by atoms with E-state index in [4.69, 9.17) is 4.74 Å². The molecule has 1 heterocycles. The van der Waals surface area contributed by atoms with Gasteiger partial charge in [-0.25, -0.2) is 8.42 Å². The molecule has 2 rings (SSSR count). The second-order valence-corrected chi connectivity index (χ2v) is 7.92. The molecule has 0 spiro atoms. The van der Waals surface area contributed by atoms with Crippen LogP contribution in [0.4, 0.5) is 0 Å². The Bertz CT molecular complexity index is 660. The Labute approximate surface area is 144 Å².